The summed E-state index contributed by atoms with van der Waals surface area (Å²) in [4.78, 5) is 28.1. The van der Waals surface area contributed by atoms with Gasteiger partial charge in [-0.1, -0.05) is 59.6 Å². The number of nitrogens with one attached hydrogen (secondary N) is 1. The van der Waals surface area contributed by atoms with E-state index in [1.165, 1.54) is 60.4 Å². The van der Waals surface area contributed by atoms with Gasteiger partial charge in [0.05, 0.1) is 10.6 Å². The van der Waals surface area contributed by atoms with E-state index in [-0.39, 0.29) is 22.2 Å². The van der Waals surface area contributed by atoms with Crippen LogP contribution in [0.1, 0.15) is 33.3 Å². The predicted molar refractivity (Wildman–Crippen MR) is 152 cm³/mol. The standard InChI is InChI=1S/C28H30Cl2FN3O4S/c1-19(27(36)32-28(2,3)4)33(17-20-14-15-21(29)16-23(20)30)26(35)18-34(25-13-9-8-12-24(25)31)39(37,38)22-10-6-5-7-11-22/h5-16,19H,17-18H2,1-4H3,(H,32,36)/t19-/m0/s1. The van der Waals surface area contributed by atoms with Crippen LogP contribution in [0, 0.1) is 5.82 Å². The van der Waals surface area contributed by atoms with Crippen LogP contribution in [-0.2, 0) is 26.2 Å². The second kappa shape index (κ2) is 12.4. The lowest BCUT2D eigenvalue weighted by Crippen LogP contribution is -2.54. The minimum absolute atomic E-state index is 0.119. The van der Waals surface area contributed by atoms with E-state index < -0.39 is 45.8 Å². The molecule has 1 N–H and O–H groups in total. The fourth-order valence-electron chi connectivity index (χ4n) is 3.78. The van der Waals surface area contributed by atoms with Crippen molar-refractivity contribution in [3.8, 4) is 0 Å². The third-order valence-corrected chi connectivity index (χ3v) is 8.11. The minimum atomic E-state index is -4.36. The van der Waals surface area contributed by atoms with Gasteiger partial charge in [0.25, 0.3) is 10.0 Å². The van der Waals surface area contributed by atoms with Crippen LogP contribution in [0.5, 0.6) is 0 Å². The van der Waals surface area contributed by atoms with Crippen LogP contribution in [-0.4, -0.2) is 43.3 Å². The Morgan fingerprint density at radius 1 is 0.974 bits per heavy atom. The topological polar surface area (TPSA) is 86.8 Å². The van der Waals surface area contributed by atoms with Crippen molar-refractivity contribution in [1.29, 1.82) is 0 Å². The third-order valence-electron chi connectivity index (χ3n) is 5.75. The summed E-state index contributed by atoms with van der Waals surface area (Å²) in [6.07, 6.45) is 0. The van der Waals surface area contributed by atoms with Crippen LogP contribution in [0.3, 0.4) is 0 Å². The van der Waals surface area contributed by atoms with Crippen LogP contribution in [0.25, 0.3) is 0 Å². The maximum absolute atomic E-state index is 14.9. The summed E-state index contributed by atoms with van der Waals surface area (Å²) in [5, 5.41) is 3.49. The van der Waals surface area contributed by atoms with Crippen LogP contribution in [0.2, 0.25) is 10.0 Å². The summed E-state index contributed by atoms with van der Waals surface area (Å²) in [6.45, 7) is 6.03. The van der Waals surface area contributed by atoms with Crippen LogP contribution in [0.15, 0.2) is 77.7 Å². The molecule has 0 saturated heterocycles. The van der Waals surface area contributed by atoms with Gasteiger partial charge < -0.3 is 10.2 Å². The zero-order chi connectivity index (χ0) is 29.0. The van der Waals surface area contributed by atoms with Gasteiger partial charge in [-0.15, -0.1) is 0 Å². The monoisotopic (exact) mass is 593 g/mol. The van der Waals surface area contributed by atoms with E-state index in [1.54, 1.807) is 39.0 Å². The van der Waals surface area contributed by atoms with Crippen LogP contribution in [0.4, 0.5) is 10.1 Å². The molecule has 3 rings (SSSR count). The van der Waals surface area contributed by atoms with Gasteiger partial charge in [-0.25, -0.2) is 12.8 Å². The lowest BCUT2D eigenvalue weighted by molar-refractivity contribution is -0.140. The Balaban J connectivity index is 2.06. The Kier molecular flexibility index (Phi) is 9.64. The van der Waals surface area contributed by atoms with Crippen molar-refractivity contribution in [2.24, 2.45) is 0 Å². The second-order valence-corrected chi connectivity index (χ2v) is 12.7. The van der Waals surface area contributed by atoms with Crippen molar-refractivity contribution < 1.29 is 22.4 Å². The number of para-hydroxylation sites is 1. The molecule has 3 aromatic rings. The third kappa shape index (κ3) is 7.71. The summed E-state index contributed by atoms with van der Waals surface area (Å²) < 4.78 is 43.0. The molecule has 7 nitrogen and oxygen atoms in total. The minimum Gasteiger partial charge on any atom is -0.350 e. The molecule has 0 saturated carbocycles. The number of hydrogen-bond donors (Lipinski definition) is 1. The summed E-state index contributed by atoms with van der Waals surface area (Å²) in [5.74, 6) is -2.01. The van der Waals surface area contributed by atoms with Crippen molar-refractivity contribution in [2.75, 3.05) is 10.8 Å². The van der Waals surface area contributed by atoms with E-state index in [4.69, 9.17) is 23.2 Å². The summed E-state index contributed by atoms with van der Waals surface area (Å²) in [6, 6.07) is 16.4. The van der Waals surface area contributed by atoms with Gasteiger partial charge in [0.1, 0.15) is 18.4 Å². The van der Waals surface area contributed by atoms with Crippen molar-refractivity contribution in [2.45, 2.75) is 50.7 Å². The van der Waals surface area contributed by atoms with Crippen molar-refractivity contribution in [3.05, 3.63) is 94.2 Å². The molecular formula is C28H30Cl2FN3O4S. The highest BCUT2D eigenvalue weighted by atomic mass is 35.5. The molecule has 1 atom stereocenters. The first-order chi connectivity index (χ1) is 18.2. The fraction of sp³-hybridized carbons (Fsp3) is 0.286. The van der Waals surface area contributed by atoms with E-state index in [2.05, 4.69) is 5.32 Å². The predicted octanol–water partition coefficient (Wildman–Crippen LogP) is 5.66. The van der Waals surface area contributed by atoms with Gasteiger partial charge in [-0.05, 0) is 69.7 Å². The molecule has 0 unspecified atom stereocenters. The van der Waals surface area contributed by atoms with Gasteiger partial charge in [0.15, 0.2) is 0 Å². The number of hydrogen-bond acceptors (Lipinski definition) is 4. The molecule has 11 heteroatoms. The maximum Gasteiger partial charge on any atom is 0.264 e. The quantitative estimate of drug-likeness (QED) is 0.347. The highest BCUT2D eigenvalue weighted by Gasteiger charge is 2.34. The highest BCUT2D eigenvalue weighted by molar-refractivity contribution is 7.92. The van der Waals surface area contributed by atoms with Gasteiger partial charge in [0, 0.05) is 22.1 Å². The number of sulfonamides is 1. The Labute approximate surface area is 238 Å². The molecule has 0 fully saturated rings. The molecule has 0 aromatic heterocycles. The molecule has 3 aromatic carbocycles. The first kappa shape index (κ1) is 30.4. The average molecular weight is 595 g/mol. The Morgan fingerprint density at radius 3 is 2.18 bits per heavy atom. The molecule has 0 aliphatic carbocycles. The Hall–Kier alpha value is -3.14. The van der Waals surface area contributed by atoms with Gasteiger partial charge in [0.2, 0.25) is 11.8 Å². The number of benzene rings is 3. The van der Waals surface area contributed by atoms with Crippen molar-refractivity contribution >= 4 is 50.7 Å². The van der Waals surface area contributed by atoms with Gasteiger partial charge >= 0.3 is 0 Å². The number of halogens is 3. The maximum atomic E-state index is 14.9. The van der Waals surface area contributed by atoms with E-state index >= 15 is 0 Å². The molecular weight excluding hydrogens is 564 g/mol. The Bertz CT molecular complexity index is 1450. The lowest BCUT2D eigenvalue weighted by atomic mass is 10.1. The normalized spacial score (nSPS) is 12.5. The number of anilines is 1. The zero-order valence-electron chi connectivity index (χ0n) is 22.0. The zero-order valence-corrected chi connectivity index (χ0v) is 24.3. The number of carbonyl (C=O) groups excluding carboxylic acids is 2. The van der Waals surface area contributed by atoms with E-state index in [0.717, 1.165) is 6.07 Å². The molecule has 0 radical (unpaired) electrons. The molecule has 0 heterocycles. The first-order valence-corrected chi connectivity index (χ1v) is 14.3. The van der Waals surface area contributed by atoms with Crippen LogP contribution >= 0.6 is 23.2 Å². The van der Waals surface area contributed by atoms with Gasteiger partial charge in [-0.2, -0.15) is 0 Å². The molecule has 0 bridgehead atoms. The molecule has 0 aliphatic heterocycles. The molecule has 0 aliphatic rings. The van der Waals surface area contributed by atoms with Gasteiger partial charge in [-0.3, -0.25) is 13.9 Å². The lowest BCUT2D eigenvalue weighted by Gasteiger charge is -2.33. The average Bonchev–Trinajstić information content (AvgIpc) is 2.86. The number of nitrogens with zero attached hydrogens (tertiary/aromatic N) is 2. The number of carbonyl (C=O) groups is 2. The first-order valence-electron chi connectivity index (χ1n) is 12.1. The van der Waals surface area contributed by atoms with E-state index in [9.17, 15) is 22.4 Å². The highest BCUT2D eigenvalue weighted by Crippen LogP contribution is 2.28. The van der Waals surface area contributed by atoms with Crippen LogP contribution < -0.4 is 9.62 Å². The van der Waals surface area contributed by atoms with E-state index in [1.807, 2.05) is 0 Å². The van der Waals surface area contributed by atoms with E-state index in [0.29, 0.717) is 14.9 Å². The second-order valence-electron chi connectivity index (χ2n) is 9.95. The molecule has 2 amide bonds. The molecule has 39 heavy (non-hydrogen) atoms. The SMILES string of the molecule is C[C@@H](C(=O)NC(C)(C)C)N(Cc1ccc(Cl)cc1Cl)C(=O)CN(c1ccccc1F)S(=O)(=O)c1ccccc1. The smallest absolute Gasteiger partial charge is 0.264 e. The summed E-state index contributed by atoms with van der Waals surface area (Å²) >= 11 is 12.4. The summed E-state index contributed by atoms with van der Waals surface area (Å²) in [5.41, 5.74) is -0.396. The number of amides is 2. The molecule has 0 spiro atoms. The Morgan fingerprint density at radius 2 is 1.59 bits per heavy atom. The number of rotatable bonds is 9. The van der Waals surface area contributed by atoms with Crippen molar-refractivity contribution in [3.63, 3.8) is 0 Å². The largest absolute Gasteiger partial charge is 0.350 e. The fourth-order valence-corrected chi connectivity index (χ4v) is 5.69. The summed E-state index contributed by atoms with van der Waals surface area (Å²) in [7, 11) is -4.36. The molecule has 208 valence electrons. The van der Waals surface area contributed by atoms with Crippen molar-refractivity contribution in [1.82, 2.24) is 10.2 Å².